The van der Waals surface area contributed by atoms with Gasteiger partial charge in [0.1, 0.15) is 5.75 Å². The largest absolute Gasteiger partial charge is 0.494 e. The number of amides is 2. The summed E-state index contributed by atoms with van der Waals surface area (Å²) in [4.78, 5) is 26.6. The molecule has 3 rings (SSSR count). The number of hydrogen-bond acceptors (Lipinski definition) is 5. The van der Waals surface area contributed by atoms with Gasteiger partial charge in [0.2, 0.25) is 0 Å². The highest BCUT2D eigenvalue weighted by Gasteiger charge is 2.21. The van der Waals surface area contributed by atoms with Crippen molar-refractivity contribution in [1.82, 2.24) is 10.2 Å². The Morgan fingerprint density at radius 2 is 1.89 bits per heavy atom. The number of anilines is 1. The molecule has 0 radical (unpaired) electrons. The molecule has 0 unspecified atom stereocenters. The summed E-state index contributed by atoms with van der Waals surface area (Å²) >= 11 is 1.73. The fourth-order valence-corrected chi connectivity index (χ4v) is 3.96. The van der Waals surface area contributed by atoms with E-state index in [0.717, 1.165) is 38.2 Å². The maximum absolute atomic E-state index is 12.1. The Morgan fingerprint density at radius 3 is 2.54 bits per heavy atom. The number of carbonyl (C=O) groups is 2. The topological polar surface area (TPSA) is 70.7 Å². The minimum Gasteiger partial charge on any atom is -0.494 e. The Labute approximate surface area is 169 Å². The van der Waals surface area contributed by atoms with Gasteiger partial charge in [-0.05, 0) is 85.4 Å². The minimum atomic E-state index is -0.640. The fourth-order valence-electron chi connectivity index (χ4n) is 3.30. The second kappa shape index (κ2) is 10.2. The molecule has 2 aromatic rings. The van der Waals surface area contributed by atoms with E-state index in [9.17, 15) is 9.59 Å². The van der Waals surface area contributed by atoms with E-state index in [1.54, 1.807) is 35.6 Å². The lowest BCUT2D eigenvalue weighted by atomic mass is 9.96. The number of benzene rings is 1. The highest BCUT2D eigenvalue weighted by molar-refractivity contribution is 7.07. The smallest absolute Gasteiger partial charge is 0.313 e. The van der Waals surface area contributed by atoms with E-state index in [1.165, 1.54) is 5.56 Å². The van der Waals surface area contributed by atoms with E-state index in [0.29, 0.717) is 24.8 Å². The summed E-state index contributed by atoms with van der Waals surface area (Å²) in [7, 11) is 0. The lowest BCUT2D eigenvalue weighted by molar-refractivity contribution is -0.136. The van der Waals surface area contributed by atoms with E-state index in [1.807, 2.05) is 6.92 Å². The number of rotatable bonds is 7. The van der Waals surface area contributed by atoms with E-state index in [2.05, 4.69) is 32.4 Å². The second-order valence-electron chi connectivity index (χ2n) is 6.97. The molecule has 28 heavy (non-hydrogen) atoms. The van der Waals surface area contributed by atoms with Gasteiger partial charge in [-0.15, -0.1) is 0 Å². The fraction of sp³-hybridized carbons (Fsp3) is 0.429. The molecule has 0 bridgehead atoms. The van der Waals surface area contributed by atoms with Gasteiger partial charge in [-0.25, -0.2) is 0 Å². The second-order valence-corrected chi connectivity index (χ2v) is 7.75. The molecule has 1 saturated heterocycles. The average Bonchev–Trinajstić information content (AvgIpc) is 3.22. The number of nitrogens with one attached hydrogen (secondary N) is 2. The summed E-state index contributed by atoms with van der Waals surface area (Å²) in [6.07, 6.45) is 2.07. The molecule has 2 N–H and O–H groups in total. The Bertz CT molecular complexity index is 754. The SMILES string of the molecule is CCOc1ccc(NC(=O)C(=O)NCC2CCN(Cc3ccsc3)CC2)cc1. The minimum absolute atomic E-state index is 0.418. The first-order valence-electron chi connectivity index (χ1n) is 9.69. The summed E-state index contributed by atoms with van der Waals surface area (Å²) in [6.45, 7) is 6.08. The quantitative estimate of drug-likeness (QED) is 0.700. The van der Waals surface area contributed by atoms with E-state index in [4.69, 9.17) is 4.74 Å². The van der Waals surface area contributed by atoms with Gasteiger partial charge in [-0.3, -0.25) is 14.5 Å². The van der Waals surface area contributed by atoms with Gasteiger partial charge < -0.3 is 15.4 Å². The third-order valence-electron chi connectivity index (χ3n) is 4.87. The van der Waals surface area contributed by atoms with Gasteiger partial charge in [0, 0.05) is 18.8 Å². The van der Waals surface area contributed by atoms with Crippen LogP contribution in [0.2, 0.25) is 0 Å². The molecule has 7 heteroatoms. The van der Waals surface area contributed by atoms with Gasteiger partial charge in [-0.1, -0.05) is 0 Å². The normalized spacial score (nSPS) is 15.2. The van der Waals surface area contributed by atoms with Crippen LogP contribution in [-0.4, -0.2) is 43.0 Å². The molecule has 0 atom stereocenters. The standard InChI is InChI=1S/C21H27N3O3S/c1-2-27-19-5-3-18(4-6-19)23-21(26)20(25)22-13-16-7-10-24(11-8-16)14-17-9-12-28-15-17/h3-6,9,12,15-16H,2,7-8,10-11,13-14H2,1H3,(H,22,25)(H,23,26). The Balaban J connectivity index is 1.36. The molecule has 150 valence electrons. The maximum atomic E-state index is 12.1. The molecule has 0 saturated carbocycles. The summed E-state index contributed by atoms with van der Waals surface area (Å²) in [5, 5.41) is 9.69. The van der Waals surface area contributed by atoms with Crippen LogP contribution < -0.4 is 15.4 Å². The third kappa shape index (κ3) is 6.07. The molecule has 1 aliphatic heterocycles. The lowest BCUT2D eigenvalue weighted by Crippen LogP contribution is -2.41. The van der Waals surface area contributed by atoms with Crippen LogP contribution >= 0.6 is 11.3 Å². The van der Waals surface area contributed by atoms with Crippen LogP contribution in [0, 0.1) is 5.92 Å². The van der Waals surface area contributed by atoms with Crippen molar-refractivity contribution >= 4 is 28.8 Å². The highest BCUT2D eigenvalue weighted by atomic mass is 32.1. The first kappa shape index (κ1) is 20.4. The van der Waals surface area contributed by atoms with Crippen molar-refractivity contribution in [2.75, 3.05) is 31.6 Å². The molecule has 1 aromatic heterocycles. The molecule has 2 amide bonds. The molecule has 0 spiro atoms. The predicted octanol–water partition coefficient (Wildman–Crippen LogP) is 3.11. The van der Waals surface area contributed by atoms with Crippen molar-refractivity contribution < 1.29 is 14.3 Å². The summed E-state index contributed by atoms with van der Waals surface area (Å²) < 4.78 is 5.36. The van der Waals surface area contributed by atoms with Crippen molar-refractivity contribution in [2.45, 2.75) is 26.3 Å². The number of likely N-dealkylation sites (tertiary alicyclic amines) is 1. The van der Waals surface area contributed by atoms with Crippen molar-refractivity contribution in [3.8, 4) is 5.75 Å². The first-order chi connectivity index (χ1) is 13.6. The number of piperidine rings is 1. The zero-order valence-electron chi connectivity index (χ0n) is 16.1. The molecule has 1 aliphatic rings. The van der Waals surface area contributed by atoms with Gasteiger partial charge in [0.15, 0.2) is 0 Å². The number of hydrogen-bond donors (Lipinski definition) is 2. The Morgan fingerprint density at radius 1 is 1.14 bits per heavy atom. The molecular weight excluding hydrogens is 374 g/mol. The van der Waals surface area contributed by atoms with Crippen LogP contribution in [0.15, 0.2) is 41.1 Å². The van der Waals surface area contributed by atoms with Crippen LogP contribution in [-0.2, 0) is 16.1 Å². The van der Waals surface area contributed by atoms with Crippen molar-refractivity contribution in [1.29, 1.82) is 0 Å². The zero-order chi connectivity index (χ0) is 19.8. The molecular formula is C21H27N3O3S. The van der Waals surface area contributed by atoms with E-state index >= 15 is 0 Å². The molecule has 0 aliphatic carbocycles. The predicted molar refractivity (Wildman–Crippen MR) is 112 cm³/mol. The van der Waals surface area contributed by atoms with E-state index in [-0.39, 0.29) is 0 Å². The Hall–Kier alpha value is -2.38. The maximum Gasteiger partial charge on any atom is 0.313 e. The van der Waals surface area contributed by atoms with Crippen molar-refractivity contribution in [3.63, 3.8) is 0 Å². The van der Waals surface area contributed by atoms with Gasteiger partial charge in [0.25, 0.3) is 0 Å². The number of nitrogens with zero attached hydrogens (tertiary/aromatic N) is 1. The number of carbonyl (C=O) groups excluding carboxylic acids is 2. The van der Waals surface area contributed by atoms with Crippen molar-refractivity contribution in [3.05, 3.63) is 46.7 Å². The van der Waals surface area contributed by atoms with Gasteiger partial charge >= 0.3 is 11.8 Å². The number of ether oxygens (including phenoxy) is 1. The monoisotopic (exact) mass is 401 g/mol. The van der Waals surface area contributed by atoms with Crippen LogP contribution in [0.4, 0.5) is 5.69 Å². The van der Waals surface area contributed by atoms with Crippen LogP contribution in [0.5, 0.6) is 5.75 Å². The van der Waals surface area contributed by atoms with Crippen LogP contribution in [0.3, 0.4) is 0 Å². The summed E-state index contributed by atoms with van der Waals surface area (Å²) in [6, 6.07) is 9.14. The van der Waals surface area contributed by atoms with Crippen molar-refractivity contribution in [2.24, 2.45) is 5.92 Å². The summed E-state index contributed by atoms with van der Waals surface area (Å²) in [5.74, 6) is -0.0788. The third-order valence-corrected chi connectivity index (χ3v) is 5.61. The highest BCUT2D eigenvalue weighted by Crippen LogP contribution is 2.19. The lowest BCUT2D eigenvalue weighted by Gasteiger charge is -2.31. The molecule has 6 nitrogen and oxygen atoms in total. The van der Waals surface area contributed by atoms with Gasteiger partial charge in [-0.2, -0.15) is 11.3 Å². The number of thiophene rings is 1. The van der Waals surface area contributed by atoms with Crippen LogP contribution in [0.1, 0.15) is 25.3 Å². The molecule has 1 aromatic carbocycles. The summed E-state index contributed by atoms with van der Waals surface area (Å²) in [5.41, 5.74) is 1.94. The average molecular weight is 402 g/mol. The van der Waals surface area contributed by atoms with Crippen LogP contribution in [0.25, 0.3) is 0 Å². The zero-order valence-corrected chi connectivity index (χ0v) is 17.0. The Kier molecular flexibility index (Phi) is 7.45. The molecule has 1 fully saturated rings. The van der Waals surface area contributed by atoms with Gasteiger partial charge in [0.05, 0.1) is 6.61 Å². The first-order valence-corrected chi connectivity index (χ1v) is 10.6. The molecule has 2 heterocycles. The van der Waals surface area contributed by atoms with E-state index < -0.39 is 11.8 Å².